The summed E-state index contributed by atoms with van der Waals surface area (Å²) in [6.45, 7) is 2.52. The number of hydrogen-bond acceptors (Lipinski definition) is 4. The lowest BCUT2D eigenvalue weighted by Gasteiger charge is -2.17. The monoisotopic (exact) mass is 269 g/mol. The van der Waals surface area contributed by atoms with E-state index < -0.39 is 6.23 Å². The first-order chi connectivity index (χ1) is 9.79. The van der Waals surface area contributed by atoms with Gasteiger partial charge in [-0.3, -0.25) is 0 Å². The standard InChI is InChI=1S/C16H15NO3/c1-2-19-14-10-6-5-9-13(14)17-15-11-7-3-4-8-12(11)16(18)20-15/h3-10,15,17H,2H2,1H3/t15-/m1/s1. The minimum absolute atomic E-state index is 0.299. The summed E-state index contributed by atoms with van der Waals surface area (Å²) in [5.74, 6) is 0.447. The average Bonchev–Trinajstić information content (AvgIpc) is 2.79. The molecule has 0 saturated carbocycles. The Balaban J connectivity index is 1.88. The van der Waals surface area contributed by atoms with Gasteiger partial charge in [-0.15, -0.1) is 0 Å². The fourth-order valence-corrected chi connectivity index (χ4v) is 2.26. The molecule has 0 amide bonds. The van der Waals surface area contributed by atoms with E-state index in [-0.39, 0.29) is 5.97 Å². The first-order valence-electron chi connectivity index (χ1n) is 6.58. The van der Waals surface area contributed by atoms with Crippen molar-refractivity contribution in [2.75, 3.05) is 11.9 Å². The van der Waals surface area contributed by atoms with Crippen molar-refractivity contribution in [3.05, 3.63) is 59.7 Å². The van der Waals surface area contributed by atoms with E-state index in [1.807, 2.05) is 49.4 Å². The van der Waals surface area contributed by atoms with Crippen LogP contribution in [0.3, 0.4) is 0 Å². The van der Waals surface area contributed by atoms with Gasteiger partial charge in [0.1, 0.15) is 5.75 Å². The molecule has 0 bridgehead atoms. The van der Waals surface area contributed by atoms with Gasteiger partial charge in [0, 0.05) is 5.56 Å². The number of nitrogens with one attached hydrogen (secondary N) is 1. The zero-order valence-corrected chi connectivity index (χ0v) is 11.1. The Kier molecular flexibility index (Phi) is 3.29. The molecule has 0 saturated heterocycles. The van der Waals surface area contributed by atoms with Crippen molar-refractivity contribution in [3.63, 3.8) is 0 Å². The van der Waals surface area contributed by atoms with Gasteiger partial charge in [0.25, 0.3) is 0 Å². The van der Waals surface area contributed by atoms with Gasteiger partial charge in [-0.2, -0.15) is 0 Å². The quantitative estimate of drug-likeness (QED) is 0.864. The maximum atomic E-state index is 11.8. The third-order valence-electron chi connectivity index (χ3n) is 3.16. The summed E-state index contributed by atoms with van der Waals surface area (Å²) in [6.07, 6.45) is -0.472. The first kappa shape index (κ1) is 12.5. The zero-order chi connectivity index (χ0) is 13.9. The molecular formula is C16H15NO3. The van der Waals surface area contributed by atoms with Crippen molar-refractivity contribution in [1.82, 2.24) is 0 Å². The number of anilines is 1. The van der Waals surface area contributed by atoms with Crippen LogP contribution in [0.15, 0.2) is 48.5 Å². The molecule has 4 heteroatoms. The molecule has 0 unspecified atom stereocenters. The maximum Gasteiger partial charge on any atom is 0.340 e. The summed E-state index contributed by atoms with van der Waals surface area (Å²) < 4.78 is 10.9. The van der Waals surface area contributed by atoms with Gasteiger partial charge in [0.15, 0.2) is 0 Å². The number of esters is 1. The number of ether oxygens (including phenoxy) is 2. The normalized spacial score (nSPS) is 16.4. The average molecular weight is 269 g/mol. The van der Waals surface area contributed by atoms with Crippen LogP contribution in [0.1, 0.15) is 29.1 Å². The molecule has 0 aromatic heterocycles. The summed E-state index contributed by atoms with van der Waals surface area (Å²) >= 11 is 0. The molecule has 0 aliphatic carbocycles. The summed E-state index contributed by atoms with van der Waals surface area (Å²) in [5, 5.41) is 3.21. The minimum Gasteiger partial charge on any atom is -0.492 e. The fraction of sp³-hybridized carbons (Fsp3) is 0.188. The Morgan fingerprint density at radius 3 is 2.75 bits per heavy atom. The van der Waals surface area contributed by atoms with Crippen LogP contribution < -0.4 is 10.1 Å². The van der Waals surface area contributed by atoms with Crippen LogP contribution in [0, 0.1) is 0 Å². The van der Waals surface area contributed by atoms with Gasteiger partial charge >= 0.3 is 5.97 Å². The highest BCUT2D eigenvalue weighted by Crippen LogP contribution is 2.34. The topological polar surface area (TPSA) is 47.6 Å². The number of benzene rings is 2. The van der Waals surface area contributed by atoms with Gasteiger partial charge in [-0.1, -0.05) is 30.3 Å². The van der Waals surface area contributed by atoms with E-state index in [0.29, 0.717) is 12.2 Å². The molecule has 1 aliphatic rings. The second kappa shape index (κ2) is 5.25. The molecular weight excluding hydrogens is 254 g/mol. The maximum absolute atomic E-state index is 11.8. The number of hydrogen-bond donors (Lipinski definition) is 1. The molecule has 2 aromatic carbocycles. The smallest absolute Gasteiger partial charge is 0.340 e. The lowest BCUT2D eigenvalue weighted by molar-refractivity contribution is 0.0436. The fourth-order valence-electron chi connectivity index (χ4n) is 2.26. The van der Waals surface area contributed by atoms with Crippen LogP contribution in [-0.2, 0) is 4.74 Å². The summed E-state index contributed by atoms with van der Waals surface area (Å²) in [4.78, 5) is 11.8. The molecule has 1 N–H and O–H groups in total. The second-order valence-electron chi connectivity index (χ2n) is 4.45. The molecule has 2 aromatic rings. The van der Waals surface area contributed by atoms with Crippen LogP contribution in [0.25, 0.3) is 0 Å². The van der Waals surface area contributed by atoms with E-state index >= 15 is 0 Å². The molecule has 1 atom stereocenters. The molecule has 0 spiro atoms. The van der Waals surface area contributed by atoms with Crippen LogP contribution in [0.4, 0.5) is 5.69 Å². The largest absolute Gasteiger partial charge is 0.492 e. The van der Waals surface area contributed by atoms with E-state index in [1.54, 1.807) is 6.07 Å². The lowest BCUT2D eigenvalue weighted by Crippen LogP contribution is -2.11. The molecule has 1 heterocycles. The summed E-state index contributed by atoms with van der Waals surface area (Å²) in [7, 11) is 0. The highest BCUT2D eigenvalue weighted by molar-refractivity contribution is 5.94. The highest BCUT2D eigenvalue weighted by Gasteiger charge is 2.30. The Morgan fingerprint density at radius 2 is 1.90 bits per heavy atom. The van der Waals surface area contributed by atoms with Crippen molar-refractivity contribution < 1.29 is 14.3 Å². The number of cyclic esters (lactones) is 1. The third-order valence-corrected chi connectivity index (χ3v) is 3.16. The van der Waals surface area contributed by atoms with E-state index in [9.17, 15) is 4.79 Å². The molecule has 3 rings (SSSR count). The van der Waals surface area contributed by atoms with Gasteiger partial charge in [0.2, 0.25) is 6.23 Å². The molecule has 0 fully saturated rings. The van der Waals surface area contributed by atoms with Gasteiger partial charge in [0.05, 0.1) is 17.9 Å². The number of rotatable bonds is 4. The molecule has 1 aliphatic heterocycles. The number of carbonyl (C=O) groups excluding carboxylic acids is 1. The van der Waals surface area contributed by atoms with Crippen LogP contribution >= 0.6 is 0 Å². The Morgan fingerprint density at radius 1 is 1.15 bits per heavy atom. The van der Waals surface area contributed by atoms with E-state index in [1.165, 1.54) is 0 Å². The van der Waals surface area contributed by atoms with Crippen molar-refractivity contribution >= 4 is 11.7 Å². The van der Waals surface area contributed by atoms with Crippen LogP contribution in [0.5, 0.6) is 5.75 Å². The SMILES string of the molecule is CCOc1ccccc1N[C@@H]1OC(=O)c2ccccc21. The van der Waals surface area contributed by atoms with Crippen LogP contribution in [0.2, 0.25) is 0 Å². The number of para-hydroxylation sites is 2. The Bertz CT molecular complexity index is 639. The summed E-state index contributed by atoms with van der Waals surface area (Å²) in [6, 6.07) is 15.0. The van der Waals surface area contributed by atoms with Gasteiger partial charge < -0.3 is 14.8 Å². The van der Waals surface area contributed by atoms with E-state index in [2.05, 4.69) is 5.32 Å². The highest BCUT2D eigenvalue weighted by atomic mass is 16.6. The molecule has 20 heavy (non-hydrogen) atoms. The minimum atomic E-state index is -0.472. The van der Waals surface area contributed by atoms with E-state index in [4.69, 9.17) is 9.47 Å². The number of carbonyl (C=O) groups is 1. The third kappa shape index (κ3) is 2.20. The Hall–Kier alpha value is -2.49. The molecule has 102 valence electrons. The second-order valence-corrected chi connectivity index (χ2v) is 4.45. The van der Waals surface area contributed by atoms with E-state index in [0.717, 1.165) is 17.0 Å². The van der Waals surface area contributed by atoms with Gasteiger partial charge in [-0.05, 0) is 25.1 Å². The molecule has 0 radical (unpaired) electrons. The van der Waals surface area contributed by atoms with Crippen molar-refractivity contribution in [3.8, 4) is 5.75 Å². The zero-order valence-electron chi connectivity index (χ0n) is 11.1. The predicted octanol–water partition coefficient (Wildman–Crippen LogP) is 3.37. The first-order valence-corrected chi connectivity index (χ1v) is 6.58. The molecule has 4 nitrogen and oxygen atoms in total. The van der Waals surface area contributed by atoms with Crippen molar-refractivity contribution in [2.45, 2.75) is 13.2 Å². The predicted molar refractivity (Wildman–Crippen MR) is 75.8 cm³/mol. The van der Waals surface area contributed by atoms with Crippen molar-refractivity contribution in [2.24, 2.45) is 0 Å². The van der Waals surface area contributed by atoms with Gasteiger partial charge in [-0.25, -0.2) is 4.79 Å². The number of fused-ring (bicyclic) bond motifs is 1. The van der Waals surface area contributed by atoms with Crippen LogP contribution in [-0.4, -0.2) is 12.6 Å². The van der Waals surface area contributed by atoms with Crippen molar-refractivity contribution in [1.29, 1.82) is 0 Å². The Labute approximate surface area is 117 Å². The lowest BCUT2D eigenvalue weighted by atomic mass is 10.1. The summed E-state index contributed by atoms with van der Waals surface area (Å²) in [5.41, 5.74) is 2.27.